The fourth-order valence-electron chi connectivity index (χ4n) is 2.75. The molecule has 2 aromatic rings. The second kappa shape index (κ2) is 7.35. The molecule has 3 rings (SSSR count). The quantitative estimate of drug-likeness (QED) is 0.893. The average molecular weight is 352 g/mol. The lowest BCUT2D eigenvalue weighted by Crippen LogP contribution is -2.39. The van der Waals surface area contributed by atoms with Gasteiger partial charge in [-0.05, 0) is 26.0 Å². The number of hydrogen-bond acceptors (Lipinski definition) is 6. The SMILES string of the molecule is CSCc1nc(CNC(=O)N2CCC[C@H]2c2cc(C)on2)cs1. The summed E-state index contributed by atoms with van der Waals surface area (Å²) in [5.74, 6) is 1.69. The van der Waals surface area contributed by atoms with Crippen LogP contribution in [0.3, 0.4) is 0 Å². The van der Waals surface area contributed by atoms with Crippen LogP contribution in [0.25, 0.3) is 0 Å². The minimum atomic E-state index is -0.0624. The predicted octanol–water partition coefficient (Wildman–Crippen LogP) is 3.35. The van der Waals surface area contributed by atoms with Crippen LogP contribution in [-0.4, -0.2) is 33.9 Å². The number of thiazole rings is 1. The molecule has 1 N–H and O–H groups in total. The third-order valence-electron chi connectivity index (χ3n) is 3.79. The highest BCUT2D eigenvalue weighted by Gasteiger charge is 2.32. The highest BCUT2D eigenvalue weighted by atomic mass is 32.2. The van der Waals surface area contributed by atoms with Gasteiger partial charge in [0, 0.05) is 23.7 Å². The number of likely N-dealkylation sites (tertiary alicyclic amines) is 1. The Balaban J connectivity index is 1.58. The summed E-state index contributed by atoms with van der Waals surface area (Å²) < 4.78 is 5.14. The van der Waals surface area contributed by atoms with Crippen molar-refractivity contribution in [1.82, 2.24) is 20.4 Å². The van der Waals surface area contributed by atoms with Gasteiger partial charge in [-0.25, -0.2) is 9.78 Å². The van der Waals surface area contributed by atoms with Crippen molar-refractivity contribution in [1.29, 1.82) is 0 Å². The van der Waals surface area contributed by atoms with Gasteiger partial charge in [0.2, 0.25) is 0 Å². The lowest BCUT2D eigenvalue weighted by Gasteiger charge is -2.23. The number of amides is 2. The number of urea groups is 1. The van der Waals surface area contributed by atoms with E-state index in [9.17, 15) is 4.79 Å². The highest BCUT2D eigenvalue weighted by Crippen LogP contribution is 2.31. The standard InChI is InChI=1S/C15H20N4O2S2/c1-10-6-12(18-21-10)13-4-3-5-19(13)15(20)16-7-11-8-23-14(17-11)9-22-2/h6,8,13H,3-5,7,9H2,1-2H3,(H,16,20)/t13-/m0/s1. The van der Waals surface area contributed by atoms with Crippen molar-refractivity contribution in [3.63, 3.8) is 0 Å². The van der Waals surface area contributed by atoms with E-state index in [1.807, 2.05) is 23.3 Å². The average Bonchev–Trinajstić information content (AvgIpc) is 3.25. The minimum Gasteiger partial charge on any atom is -0.361 e. The lowest BCUT2D eigenvalue weighted by molar-refractivity contribution is 0.190. The van der Waals surface area contributed by atoms with Crippen LogP contribution in [0, 0.1) is 6.92 Å². The summed E-state index contributed by atoms with van der Waals surface area (Å²) in [6.07, 6.45) is 3.97. The molecular weight excluding hydrogens is 332 g/mol. The van der Waals surface area contributed by atoms with E-state index in [-0.39, 0.29) is 12.1 Å². The second-order valence-electron chi connectivity index (χ2n) is 5.54. The maximum absolute atomic E-state index is 12.5. The first kappa shape index (κ1) is 16.3. The summed E-state index contributed by atoms with van der Waals surface area (Å²) in [5.41, 5.74) is 1.76. The lowest BCUT2D eigenvalue weighted by atomic mass is 10.1. The maximum atomic E-state index is 12.5. The molecule has 1 saturated heterocycles. The number of nitrogens with zero attached hydrogens (tertiary/aromatic N) is 3. The second-order valence-corrected chi connectivity index (χ2v) is 7.35. The molecule has 0 aliphatic carbocycles. The summed E-state index contributed by atoms with van der Waals surface area (Å²) in [6, 6.07) is 1.85. The molecule has 3 heterocycles. The van der Waals surface area contributed by atoms with Crippen molar-refractivity contribution in [2.45, 2.75) is 38.1 Å². The van der Waals surface area contributed by atoms with E-state index in [0.29, 0.717) is 6.54 Å². The Hall–Kier alpha value is -1.54. The Morgan fingerprint density at radius 3 is 3.22 bits per heavy atom. The van der Waals surface area contributed by atoms with Gasteiger partial charge < -0.3 is 14.7 Å². The van der Waals surface area contributed by atoms with Crippen molar-refractivity contribution >= 4 is 29.1 Å². The summed E-state index contributed by atoms with van der Waals surface area (Å²) in [7, 11) is 0. The van der Waals surface area contributed by atoms with Crippen LogP contribution in [0.5, 0.6) is 0 Å². The van der Waals surface area contributed by atoms with E-state index in [2.05, 4.69) is 21.7 Å². The molecule has 8 heteroatoms. The summed E-state index contributed by atoms with van der Waals surface area (Å²) in [6.45, 7) is 3.08. The zero-order chi connectivity index (χ0) is 16.2. The van der Waals surface area contributed by atoms with E-state index in [1.165, 1.54) is 0 Å². The number of carbonyl (C=O) groups is 1. The Bertz CT molecular complexity index is 670. The number of nitrogens with one attached hydrogen (secondary N) is 1. The topological polar surface area (TPSA) is 71.3 Å². The number of thioether (sulfide) groups is 1. The maximum Gasteiger partial charge on any atom is 0.318 e. The summed E-state index contributed by atoms with van der Waals surface area (Å²) in [5, 5.41) is 10.1. The van der Waals surface area contributed by atoms with Crippen LogP contribution in [-0.2, 0) is 12.3 Å². The molecule has 124 valence electrons. The molecule has 2 amide bonds. The van der Waals surface area contributed by atoms with E-state index in [0.717, 1.165) is 47.3 Å². The Kier molecular flexibility index (Phi) is 5.22. The van der Waals surface area contributed by atoms with Gasteiger partial charge in [-0.15, -0.1) is 11.3 Å². The third kappa shape index (κ3) is 3.87. The molecule has 0 spiro atoms. The van der Waals surface area contributed by atoms with Gasteiger partial charge in [-0.3, -0.25) is 0 Å². The van der Waals surface area contributed by atoms with Crippen LogP contribution < -0.4 is 5.32 Å². The predicted molar refractivity (Wildman–Crippen MR) is 91.5 cm³/mol. The minimum absolute atomic E-state index is 0.00920. The van der Waals surface area contributed by atoms with E-state index in [1.54, 1.807) is 23.1 Å². The van der Waals surface area contributed by atoms with Gasteiger partial charge in [0.15, 0.2) is 0 Å². The Labute approximate surface area is 143 Å². The smallest absolute Gasteiger partial charge is 0.318 e. The van der Waals surface area contributed by atoms with Gasteiger partial charge in [-0.2, -0.15) is 11.8 Å². The Morgan fingerprint density at radius 1 is 1.61 bits per heavy atom. The van der Waals surface area contributed by atoms with Crippen molar-refractivity contribution < 1.29 is 9.32 Å². The monoisotopic (exact) mass is 352 g/mol. The molecule has 2 aromatic heterocycles. The molecule has 1 atom stereocenters. The number of aryl methyl sites for hydroxylation is 1. The van der Waals surface area contributed by atoms with Crippen LogP contribution in [0.4, 0.5) is 4.79 Å². The fourth-order valence-corrected chi connectivity index (χ4v) is 4.26. The Morgan fingerprint density at radius 2 is 2.48 bits per heavy atom. The molecule has 6 nitrogen and oxygen atoms in total. The number of carbonyl (C=O) groups excluding carboxylic acids is 1. The molecule has 1 aliphatic heterocycles. The zero-order valence-electron chi connectivity index (χ0n) is 13.2. The highest BCUT2D eigenvalue weighted by molar-refractivity contribution is 7.97. The summed E-state index contributed by atoms with van der Waals surface area (Å²) in [4.78, 5) is 18.8. The molecule has 0 aromatic carbocycles. The van der Waals surface area contributed by atoms with E-state index in [4.69, 9.17) is 4.52 Å². The van der Waals surface area contributed by atoms with Crippen LogP contribution in [0.15, 0.2) is 16.0 Å². The van der Waals surface area contributed by atoms with Crippen molar-refractivity contribution in [2.75, 3.05) is 12.8 Å². The molecule has 23 heavy (non-hydrogen) atoms. The zero-order valence-corrected chi connectivity index (χ0v) is 14.9. The normalized spacial score (nSPS) is 17.7. The number of aromatic nitrogens is 2. The van der Waals surface area contributed by atoms with E-state index < -0.39 is 0 Å². The van der Waals surface area contributed by atoms with Gasteiger partial charge in [0.1, 0.15) is 16.5 Å². The first-order valence-corrected chi connectivity index (χ1v) is 9.84. The van der Waals surface area contributed by atoms with Gasteiger partial charge in [-0.1, -0.05) is 5.16 Å². The van der Waals surface area contributed by atoms with Crippen LogP contribution in [0.2, 0.25) is 0 Å². The van der Waals surface area contributed by atoms with Gasteiger partial charge in [0.05, 0.1) is 18.3 Å². The van der Waals surface area contributed by atoms with Crippen molar-refractivity contribution in [3.05, 3.63) is 33.6 Å². The van der Waals surface area contributed by atoms with Crippen LogP contribution in [0.1, 0.15) is 41.0 Å². The van der Waals surface area contributed by atoms with Gasteiger partial charge >= 0.3 is 6.03 Å². The first-order chi connectivity index (χ1) is 11.2. The molecule has 0 unspecified atom stereocenters. The van der Waals surface area contributed by atoms with Gasteiger partial charge in [0.25, 0.3) is 0 Å². The van der Waals surface area contributed by atoms with E-state index >= 15 is 0 Å². The third-order valence-corrected chi connectivity index (χ3v) is 5.43. The van der Waals surface area contributed by atoms with Crippen molar-refractivity contribution in [3.8, 4) is 0 Å². The summed E-state index contributed by atoms with van der Waals surface area (Å²) >= 11 is 3.39. The molecule has 0 saturated carbocycles. The largest absolute Gasteiger partial charge is 0.361 e. The molecule has 0 radical (unpaired) electrons. The van der Waals surface area contributed by atoms with Crippen LogP contribution >= 0.6 is 23.1 Å². The van der Waals surface area contributed by atoms with Crippen molar-refractivity contribution in [2.24, 2.45) is 0 Å². The fraction of sp³-hybridized carbons (Fsp3) is 0.533. The molecule has 0 bridgehead atoms. The first-order valence-electron chi connectivity index (χ1n) is 7.57. The number of hydrogen-bond donors (Lipinski definition) is 1. The molecule has 1 fully saturated rings. The number of rotatable bonds is 5. The molecular formula is C15H20N4O2S2. The molecule has 1 aliphatic rings.